The van der Waals surface area contributed by atoms with Crippen LogP contribution in [-0.4, -0.2) is 13.2 Å². The highest BCUT2D eigenvalue weighted by molar-refractivity contribution is 5.61. The van der Waals surface area contributed by atoms with Gasteiger partial charge in [-0.25, -0.2) is 0 Å². The van der Waals surface area contributed by atoms with Crippen LogP contribution >= 0.6 is 0 Å². The van der Waals surface area contributed by atoms with E-state index in [0.717, 1.165) is 31.7 Å². The molecule has 2 nitrogen and oxygen atoms in total. The number of ether oxygens (including phenoxy) is 1. The summed E-state index contributed by atoms with van der Waals surface area (Å²) in [5, 5.41) is 3.17. The van der Waals surface area contributed by atoms with Gasteiger partial charge in [0, 0.05) is 12.0 Å². The molecule has 3 rings (SSSR count). The van der Waals surface area contributed by atoms with Gasteiger partial charge in [-0.05, 0) is 25.0 Å². The molecule has 0 atom stereocenters. The van der Waals surface area contributed by atoms with Crippen LogP contribution in [0, 0.1) is 5.41 Å². The SMILES string of the molecule is FC(F)(F)c1cccc2c1OCC1(CCCCC1)CN2. The van der Waals surface area contributed by atoms with Crippen molar-refractivity contribution in [2.24, 2.45) is 5.41 Å². The van der Waals surface area contributed by atoms with E-state index in [2.05, 4.69) is 5.32 Å². The third-order valence-electron chi connectivity index (χ3n) is 4.41. The van der Waals surface area contributed by atoms with Crippen LogP contribution in [0.25, 0.3) is 0 Å². The highest BCUT2D eigenvalue weighted by Crippen LogP contribution is 2.45. The number of nitrogens with one attached hydrogen (secondary N) is 1. The van der Waals surface area contributed by atoms with Gasteiger partial charge in [0.1, 0.15) is 0 Å². The molecule has 1 N–H and O–H groups in total. The van der Waals surface area contributed by atoms with E-state index in [0.29, 0.717) is 18.8 Å². The topological polar surface area (TPSA) is 21.3 Å². The molecular formula is C15H18F3NO. The highest BCUT2D eigenvalue weighted by Gasteiger charge is 2.39. The summed E-state index contributed by atoms with van der Waals surface area (Å²) < 4.78 is 44.7. The van der Waals surface area contributed by atoms with Gasteiger partial charge in [-0.3, -0.25) is 0 Å². The van der Waals surface area contributed by atoms with Gasteiger partial charge in [-0.2, -0.15) is 13.2 Å². The van der Waals surface area contributed by atoms with E-state index in [1.807, 2.05) is 0 Å². The molecule has 1 aromatic rings. The Morgan fingerprint density at radius 2 is 1.85 bits per heavy atom. The Morgan fingerprint density at radius 1 is 1.10 bits per heavy atom. The van der Waals surface area contributed by atoms with Crippen LogP contribution < -0.4 is 10.1 Å². The normalized spacial score (nSPS) is 21.6. The van der Waals surface area contributed by atoms with Crippen LogP contribution in [0.5, 0.6) is 5.75 Å². The maximum atomic E-state index is 13.0. The summed E-state index contributed by atoms with van der Waals surface area (Å²) in [5.74, 6) is -0.0394. The standard InChI is InChI=1S/C15H18F3NO/c16-15(17,18)11-5-4-6-12-13(11)20-10-14(9-19-12)7-2-1-3-8-14/h4-6,19H,1-3,7-10H2. The van der Waals surface area contributed by atoms with Gasteiger partial charge in [-0.15, -0.1) is 0 Å². The zero-order valence-corrected chi connectivity index (χ0v) is 11.2. The first-order valence-electron chi connectivity index (χ1n) is 7.07. The third-order valence-corrected chi connectivity index (χ3v) is 4.41. The number of alkyl halides is 3. The van der Waals surface area contributed by atoms with E-state index >= 15 is 0 Å². The van der Waals surface area contributed by atoms with Crippen LogP contribution in [0.4, 0.5) is 18.9 Å². The zero-order valence-electron chi connectivity index (χ0n) is 11.2. The van der Waals surface area contributed by atoms with Crippen LogP contribution in [-0.2, 0) is 6.18 Å². The smallest absolute Gasteiger partial charge is 0.420 e. The lowest BCUT2D eigenvalue weighted by Gasteiger charge is -2.35. The van der Waals surface area contributed by atoms with Crippen LogP contribution in [0.1, 0.15) is 37.7 Å². The molecule has 110 valence electrons. The maximum Gasteiger partial charge on any atom is 0.420 e. The molecule has 5 heteroatoms. The van der Waals surface area contributed by atoms with Gasteiger partial charge in [0.25, 0.3) is 0 Å². The fraction of sp³-hybridized carbons (Fsp3) is 0.600. The second kappa shape index (κ2) is 4.86. The minimum absolute atomic E-state index is 0.0138. The van der Waals surface area contributed by atoms with Gasteiger partial charge in [0.05, 0.1) is 17.9 Å². The fourth-order valence-corrected chi connectivity index (χ4v) is 3.24. The van der Waals surface area contributed by atoms with Gasteiger partial charge in [-0.1, -0.05) is 25.3 Å². The molecule has 0 bridgehead atoms. The van der Waals surface area contributed by atoms with Crippen molar-refractivity contribution in [3.63, 3.8) is 0 Å². The molecule has 1 aliphatic heterocycles. The van der Waals surface area contributed by atoms with E-state index in [1.54, 1.807) is 6.07 Å². The fourth-order valence-electron chi connectivity index (χ4n) is 3.24. The van der Waals surface area contributed by atoms with Gasteiger partial charge in [0.2, 0.25) is 0 Å². The Morgan fingerprint density at radius 3 is 2.55 bits per heavy atom. The number of halogens is 3. The number of hydrogen-bond acceptors (Lipinski definition) is 2. The van der Waals surface area contributed by atoms with Gasteiger partial charge < -0.3 is 10.1 Å². The molecule has 1 aromatic carbocycles. The molecule has 0 radical (unpaired) electrons. The van der Waals surface area contributed by atoms with Crippen molar-refractivity contribution in [3.05, 3.63) is 23.8 Å². The lowest BCUT2D eigenvalue weighted by atomic mass is 9.74. The molecule has 0 unspecified atom stereocenters. The Balaban J connectivity index is 1.90. The van der Waals surface area contributed by atoms with E-state index in [-0.39, 0.29) is 11.2 Å². The molecular weight excluding hydrogens is 267 g/mol. The van der Waals surface area contributed by atoms with Crippen molar-refractivity contribution < 1.29 is 17.9 Å². The maximum absolute atomic E-state index is 13.0. The first-order valence-corrected chi connectivity index (χ1v) is 7.07. The van der Waals surface area contributed by atoms with Crippen molar-refractivity contribution in [3.8, 4) is 5.75 Å². The molecule has 1 saturated carbocycles. The lowest BCUT2D eigenvalue weighted by Crippen LogP contribution is -2.36. The van der Waals surface area contributed by atoms with Crippen molar-refractivity contribution in [1.82, 2.24) is 0 Å². The number of hydrogen-bond donors (Lipinski definition) is 1. The van der Waals surface area contributed by atoms with Crippen molar-refractivity contribution in [1.29, 1.82) is 0 Å². The van der Waals surface area contributed by atoms with Crippen LogP contribution in [0.3, 0.4) is 0 Å². The predicted molar refractivity (Wildman–Crippen MR) is 70.9 cm³/mol. The predicted octanol–water partition coefficient (Wildman–Crippen LogP) is 4.46. The van der Waals surface area contributed by atoms with Crippen molar-refractivity contribution in [2.45, 2.75) is 38.3 Å². The van der Waals surface area contributed by atoms with E-state index in [4.69, 9.17) is 4.74 Å². The summed E-state index contributed by atoms with van der Waals surface area (Å²) >= 11 is 0. The number of rotatable bonds is 0. The minimum atomic E-state index is -4.38. The Labute approximate surface area is 116 Å². The molecule has 1 heterocycles. The Hall–Kier alpha value is -1.39. The molecule has 1 spiro atoms. The summed E-state index contributed by atoms with van der Waals surface area (Å²) in [6.07, 6.45) is 1.14. The molecule has 2 aliphatic rings. The summed E-state index contributed by atoms with van der Waals surface area (Å²) in [5.41, 5.74) is -0.238. The number of para-hydroxylation sites is 1. The molecule has 0 saturated heterocycles. The molecule has 0 aromatic heterocycles. The van der Waals surface area contributed by atoms with Crippen LogP contribution in [0.2, 0.25) is 0 Å². The second-order valence-corrected chi connectivity index (χ2v) is 5.88. The average Bonchev–Trinajstić information content (AvgIpc) is 2.59. The summed E-state index contributed by atoms with van der Waals surface area (Å²) in [7, 11) is 0. The molecule has 1 aliphatic carbocycles. The second-order valence-electron chi connectivity index (χ2n) is 5.88. The zero-order chi connectivity index (χ0) is 14.2. The molecule has 1 fully saturated rings. The van der Waals surface area contributed by atoms with Gasteiger partial charge >= 0.3 is 6.18 Å². The van der Waals surface area contributed by atoms with E-state index < -0.39 is 11.7 Å². The number of fused-ring (bicyclic) bond motifs is 1. The minimum Gasteiger partial charge on any atom is -0.490 e. The summed E-state index contributed by atoms with van der Waals surface area (Å²) in [4.78, 5) is 0. The first kappa shape index (κ1) is 13.6. The monoisotopic (exact) mass is 285 g/mol. The third kappa shape index (κ3) is 2.45. The van der Waals surface area contributed by atoms with E-state index in [1.165, 1.54) is 12.5 Å². The largest absolute Gasteiger partial charge is 0.490 e. The van der Waals surface area contributed by atoms with Crippen molar-refractivity contribution in [2.75, 3.05) is 18.5 Å². The molecule has 20 heavy (non-hydrogen) atoms. The lowest BCUT2D eigenvalue weighted by molar-refractivity contribution is -0.139. The average molecular weight is 285 g/mol. The quantitative estimate of drug-likeness (QED) is 0.760. The first-order chi connectivity index (χ1) is 9.50. The van der Waals surface area contributed by atoms with Gasteiger partial charge in [0.15, 0.2) is 5.75 Å². The highest BCUT2D eigenvalue weighted by atomic mass is 19.4. The van der Waals surface area contributed by atoms with Crippen molar-refractivity contribution >= 4 is 5.69 Å². The number of benzene rings is 1. The molecule has 0 amide bonds. The number of anilines is 1. The summed E-state index contributed by atoms with van der Waals surface area (Å²) in [6.45, 7) is 1.07. The van der Waals surface area contributed by atoms with Crippen LogP contribution in [0.15, 0.2) is 18.2 Å². The van der Waals surface area contributed by atoms with E-state index in [9.17, 15) is 13.2 Å². The summed E-state index contributed by atoms with van der Waals surface area (Å²) in [6, 6.07) is 4.17. The Kier molecular flexibility index (Phi) is 3.30. The Bertz CT molecular complexity index is 492.